The molecule has 2 aromatic heterocycles. The van der Waals surface area contributed by atoms with Gasteiger partial charge >= 0.3 is 0 Å². The highest BCUT2D eigenvalue weighted by molar-refractivity contribution is 5.58. The highest BCUT2D eigenvalue weighted by atomic mass is 16.5. The molecule has 2 rings (SSSR count). The normalized spacial score (nSPS) is 11.2. The monoisotopic (exact) mass is 220 g/mol. The summed E-state index contributed by atoms with van der Waals surface area (Å²) in [6, 6.07) is 0.441. The van der Waals surface area contributed by atoms with Gasteiger partial charge < -0.3 is 9.84 Å². The van der Waals surface area contributed by atoms with Gasteiger partial charge in [-0.15, -0.1) is 0 Å². The maximum atomic E-state index is 5.25. The number of rotatable bonds is 4. The van der Waals surface area contributed by atoms with Crippen molar-refractivity contribution in [1.82, 2.24) is 20.3 Å². The van der Waals surface area contributed by atoms with Gasteiger partial charge in [-0.2, -0.15) is 5.10 Å². The van der Waals surface area contributed by atoms with E-state index in [0.717, 1.165) is 23.4 Å². The van der Waals surface area contributed by atoms with Crippen molar-refractivity contribution in [3.05, 3.63) is 24.2 Å². The van der Waals surface area contributed by atoms with Crippen molar-refractivity contribution in [1.29, 1.82) is 0 Å². The fourth-order valence-corrected chi connectivity index (χ4v) is 1.48. The fraction of sp³-hybridized carbons (Fsp3) is 0.455. The first-order valence-corrected chi connectivity index (χ1v) is 5.33. The molecule has 0 bridgehead atoms. The molecule has 2 heterocycles. The van der Waals surface area contributed by atoms with Crippen LogP contribution in [0.1, 0.15) is 19.4 Å². The molecule has 86 valence electrons. The molecule has 2 aromatic rings. The number of hydrogen-bond acceptors (Lipinski definition) is 4. The summed E-state index contributed by atoms with van der Waals surface area (Å²) in [5.41, 5.74) is 2.02. The molecule has 1 N–H and O–H groups in total. The van der Waals surface area contributed by atoms with E-state index in [1.165, 1.54) is 0 Å². The van der Waals surface area contributed by atoms with Crippen LogP contribution in [0.15, 0.2) is 23.1 Å². The minimum Gasteiger partial charge on any atom is -0.356 e. The van der Waals surface area contributed by atoms with Crippen LogP contribution in [0, 0.1) is 0 Å². The highest BCUT2D eigenvalue weighted by Gasteiger charge is 2.12. The lowest BCUT2D eigenvalue weighted by Gasteiger charge is -2.06. The van der Waals surface area contributed by atoms with Crippen LogP contribution in [0.5, 0.6) is 0 Å². The highest BCUT2D eigenvalue weighted by Crippen LogP contribution is 2.22. The Labute approximate surface area is 94.4 Å². The summed E-state index contributed by atoms with van der Waals surface area (Å²) in [6.07, 6.45) is 5.44. The second-order valence-corrected chi connectivity index (χ2v) is 4.12. The van der Waals surface area contributed by atoms with Crippen LogP contribution in [-0.2, 0) is 13.6 Å². The largest absolute Gasteiger partial charge is 0.356 e. The molecule has 0 atom stereocenters. The van der Waals surface area contributed by atoms with Crippen molar-refractivity contribution in [2.75, 3.05) is 0 Å². The third-order valence-electron chi connectivity index (χ3n) is 2.31. The quantitative estimate of drug-likeness (QED) is 0.849. The van der Waals surface area contributed by atoms with Gasteiger partial charge in [-0.3, -0.25) is 4.68 Å². The molecule has 0 aromatic carbocycles. The topological polar surface area (TPSA) is 55.9 Å². The minimum absolute atomic E-state index is 0.441. The Bertz CT molecular complexity index is 458. The zero-order valence-corrected chi connectivity index (χ0v) is 9.77. The molecule has 0 amide bonds. The molecular formula is C11H16N4O. The molecule has 0 unspecified atom stereocenters. The third kappa shape index (κ3) is 2.30. The Balaban J connectivity index is 2.19. The fourth-order valence-electron chi connectivity index (χ4n) is 1.48. The van der Waals surface area contributed by atoms with Gasteiger partial charge in [0, 0.05) is 31.4 Å². The van der Waals surface area contributed by atoms with E-state index in [1.807, 2.05) is 13.2 Å². The number of hydrogen-bond donors (Lipinski definition) is 1. The molecule has 0 saturated heterocycles. The molecule has 0 saturated carbocycles. The van der Waals surface area contributed by atoms with E-state index in [9.17, 15) is 0 Å². The second-order valence-electron chi connectivity index (χ2n) is 4.12. The molecule has 0 aliphatic carbocycles. The Morgan fingerprint density at radius 1 is 1.44 bits per heavy atom. The van der Waals surface area contributed by atoms with E-state index >= 15 is 0 Å². The lowest BCUT2D eigenvalue weighted by atomic mass is 10.2. The molecule has 16 heavy (non-hydrogen) atoms. The average molecular weight is 220 g/mol. The second kappa shape index (κ2) is 4.49. The van der Waals surface area contributed by atoms with Crippen LogP contribution in [0.25, 0.3) is 11.3 Å². The Kier molecular flexibility index (Phi) is 3.05. The number of aryl methyl sites for hydroxylation is 1. The van der Waals surface area contributed by atoms with Crippen LogP contribution < -0.4 is 5.32 Å². The Morgan fingerprint density at radius 3 is 2.88 bits per heavy atom. The zero-order chi connectivity index (χ0) is 11.5. The summed E-state index contributed by atoms with van der Waals surface area (Å²) in [4.78, 5) is 0. The summed E-state index contributed by atoms with van der Waals surface area (Å²) in [7, 11) is 1.88. The Morgan fingerprint density at radius 2 is 2.25 bits per heavy atom. The molecule has 5 heteroatoms. The van der Waals surface area contributed by atoms with E-state index in [0.29, 0.717) is 6.04 Å². The van der Waals surface area contributed by atoms with Crippen molar-refractivity contribution in [2.24, 2.45) is 7.05 Å². The summed E-state index contributed by atoms with van der Waals surface area (Å²) in [5, 5.41) is 11.3. The summed E-state index contributed by atoms with van der Waals surface area (Å²) >= 11 is 0. The van der Waals surface area contributed by atoms with Crippen LogP contribution in [-0.4, -0.2) is 21.0 Å². The zero-order valence-electron chi connectivity index (χ0n) is 9.77. The average Bonchev–Trinajstić information content (AvgIpc) is 2.82. The van der Waals surface area contributed by atoms with Crippen LogP contribution in [0.3, 0.4) is 0 Å². The maximum absolute atomic E-state index is 5.25. The third-order valence-corrected chi connectivity index (χ3v) is 2.31. The van der Waals surface area contributed by atoms with Gasteiger partial charge in [0.15, 0.2) is 5.76 Å². The standard InChI is InChI=1S/C11H16N4O/c1-8(2)12-4-9-6-14-16-11(9)10-5-13-15(3)7-10/h5-8,12H,4H2,1-3H3. The smallest absolute Gasteiger partial charge is 0.174 e. The van der Waals surface area contributed by atoms with Crippen LogP contribution in [0.2, 0.25) is 0 Å². The van der Waals surface area contributed by atoms with E-state index in [4.69, 9.17) is 4.52 Å². The molecular weight excluding hydrogens is 204 g/mol. The van der Waals surface area contributed by atoms with Gasteiger partial charge in [-0.25, -0.2) is 0 Å². The van der Waals surface area contributed by atoms with Crippen LogP contribution >= 0.6 is 0 Å². The van der Waals surface area contributed by atoms with Gasteiger partial charge in [-0.1, -0.05) is 19.0 Å². The molecule has 0 aliphatic rings. The first kappa shape index (κ1) is 10.9. The molecule has 0 spiro atoms. The summed E-state index contributed by atoms with van der Waals surface area (Å²) < 4.78 is 7.00. The first-order chi connectivity index (χ1) is 7.66. The van der Waals surface area contributed by atoms with Crippen molar-refractivity contribution in [3.63, 3.8) is 0 Å². The van der Waals surface area contributed by atoms with Gasteiger partial charge in [0.05, 0.1) is 18.0 Å². The SMILES string of the molecule is CC(C)NCc1cnoc1-c1cnn(C)c1. The van der Waals surface area contributed by atoms with E-state index in [1.54, 1.807) is 17.1 Å². The van der Waals surface area contributed by atoms with E-state index in [2.05, 4.69) is 29.4 Å². The van der Waals surface area contributed by atoms with Gasteiger partial charge in [-0.05, 0) is 0 Å². The van der Waals surface area contributed by atoms with E-state index < -0.39 is 0 Å². The number of nitrogens with one attached hydrogen (secondary N) is 1. The first-order valence-electron chi connectivity index (χ1n) is 5.33. The number of nitrogens with zero attached hydrogens (tertiary/aromatic N) is 3. The molecule has 0 fully saturated rings. The van der Waals surface area contributed by atoms with Crippen molar-refractivity contribution in [3.8, 4) is 11.3 Å². The summed E-state index contributed by atoms with van der Waals surface area (Å²) in [6.45, 7) is 4.97. The molecule has 0 aliphatic heterocycles. The van der Waals surface area contributed by atoms with Crippen molar-refractivity contribution < 1.29 is 4.52 Å². The summed E-state index contributed by atoms with van der Waals surface area (Å²) in [5.74, 6) is 0.793. The minimum atomic E-state index is 0.441. The predicted molar refractivity (Wildman–Crippen MR) is 60.7 cm³/mol. The van der Waals surface area contributed by atoms with E-state index in [-0.39, 0.29) is 0 Å². The van der Waals surface area contributed by atoms with Gasteiger partial charge in [0.25, 0.3) is 0 Å². The Hall–Kier alpha value is -1.62. The van der Waals surface area contributed by atoms with Crippen LogP contribution in [0.4, 0.5) is 0 Å². The molecule has 0 radical (unpaired) electrons. The van der Waals surface area contributed by atoms with Gasteiger partial charge in [0.1, 0.15) is 0 Å². The lowest BCUT2D eigenvalue weighted by Crippen LogP contribution is -2.21. The lowest BCUT2D eigenvalue weighted by molar-refractivity contribution is 0.431. The van der Waals surface area contributed by atoms with Crippen molar-refractivity contribution >= 4 is 0 Å². The molecule has 5 nitrogen and oxygen atoms in total. The number of aromatic nitrogens is 3. The van der Waals surface area contributed by atoms with Crippen molar-refractivity contribution in [2.45, 2.75) is 26.4 Å². The maximum Gasteiger partial charge on any atom is 0.174 e. The van der Waals surface area contributed by atoms with Gasteiger partial charge in [0.2, 0.25) is 0 Å². The predicted octanol–water partition coefficient (Wildman–Crippen LogP) is 1.57.